The number of hydrogen-bond donors (Lipinski definition) is 4. The molecule has 0 radical (unpaired) electrons. The monoisotopic (exact) mass is 738 g/mol. The van der Waals surface area contributed by atoms with Gasteiger partial charge in [-0.15, -0.1) is 11.3 Å². The van der Waals surface area contributed by atoms with Crippen molar-refractivity contribution in [2.75, 3.05) is 26.1 Å². The Labute approximate surface area is 315 Å². The second-order valence-electron chi connectivity index (χ2n) is 16.0. The van der Waals surface area contributed by atoms with Crippen LogP contribution in [0.5, 0.6) is 5.75 Å². The van der Waals surface area contributed by atoms with Gasteiger partial charge in [-0.1, -0.05) is 32.9 Å². The molecule has 2 amide bonds. The van der Waals surface area contributed by atoms with Gasteiger partial charge in [-0.05, 0) is 115 Å². The summed E-state index contributed by atoms with van der Waals surface area (Å²) in [4.78, 5) is 47.1. The third-order valence-corrected chi connectivity index (χ3v) is 11.7. The number of amides is 2. The van der Waals surface area contributed by atoms with Gasteiger partial charge in [0.15, 0.2) is 5.69 Å². The number of ether oxygens (including phenoxy) is 2. The molecule has 53 heavy (non-hydrogen) atoms. The molecule has 3 atom stereocenters. The van der Waals surface area contributed by atoms with Gasteiger partial charge in [-0.3, -0.25) is 9.59 Å². The van der Waals surface area contributed by atoms with Crippen molar-refractivity contribution in [3.63, 3.8) is 0 Å². The highest BCUT2D eigenvalue weighted by atomic mass is 32.1. The van der Waals surface area contributed by atoms with Crippen molar-refractivity contribution in [2.24, 2.45) is 22.5 Å². The van der Waals surface area contributed by atoms with Gasteiger partial charge in [0.05, 0.1) is 13.7 Å². The first kappa shape index (κ1) is 38.2. The van der Waals surface area contributed by atoms with Crippen LogP contribution < -0.4 is 21.1 Å². The van der Waals surface area contributed by atoms with Crippen LogP contribution in [-0.2, 0) is 17.7 Å². The van der Waals surface area contributed by atoms with Crippen LogP contribution in [0.4, 0.5) is 5.69 Å². The average Bonchev–Trinajstić information content (AvgIpc) is 3.51. The van der Waals surface area contributed by atoms with Crippen molar-refractivity contribution in [1.82, 2.24) is 10.3 Å². The second kappa shape index (κ2) is 15.0. The molecule has 3 heterocycles. The molecule has 2 aromatic carbocycles. The number of carbonyl (C=O) groups excluding carboxylic acids is 3. The molecule has 3 unspecified atom stereocenters. The van der Waals surface area contributed by atoms with E-state index in [4.69, 9.17) is 20.3 Å². The van der Waals surface area contributed by atoms with E-state index in [1.807, 2.05) is 23.6 Å². The van der Waals surface area contributed by atoms with Crippen molar-refractivity contribution in [1.29, 1.82) is 0 Å². The van der Waals surface area contributed by atoms with E-state index < -0.39 is 11.5 Å². The number of aromatic nitrogens is 1. The molecule has 2 fully saturated rings. The summed E-state index contributed by atoms with van der Waals surface area (Å²) >= 11 is 1.59. The van der Waals surface area contributed by atoms with E-state index >= 15 is 0 Å². The molecule has 2 saturated carbocycles. The molecule has 4 aromatic rings. The van der Waals surface area contributed by atoms with Gasteiger partial charge in [0.2, 0.25) is 0 Å². The smallest absolute Gasteiger partial charge is 0.357 e. The van der Waals surface area contributed by atoms with E-state index in [9.17, 15) is 14.4 Å². The second-order valence-corrected chi connectivity index (χ2v) is 16.9. The molecule has 2 aliphatic carbocycles. The third-order valence-electron chi connectivity index (χ3n) is 10.7. The highest BCUT2D eigenvalue weighted by Crippen LogP contribution is 2.57. The summed E-state index contributed by atoms with van der Waals surface area (Å²) < 4.78 is 11.4. The van der Waals surface area contributed by atoms with Crippen molar-refractivity contribution >= 4 is 34.8 Å². The number of fused-ring (bicyclic) bond motifs is 5. The van der Waals surface area contributed by atoms with Gasteiger partial charge >= 0.3 is 5.97 Å². The molecule has 0 spiro atoms. The summed E-state index contributed by atoms with van der Waals surface area (Å²) in [5.41, 5.74) is 10.5. The lowest BCUT2D eigenvalue weighted by atomic mass is 9.52. The maximum atomic E-state index is 14.1. The number of hydrogen-bond acceptors (Lipinski definition) is 9. The predicted molar refractivity (Wildman–Crippen MR) is 208 cm³/mol. The summed E-state index contributed by atoms with van der Waals surface area (Å²) in [5, 5.41) is 15.4. The highest BCUT2D eigenvalue weighted by molar-refractivity contribution is 7.13. The molecule has 3 aliphatic rings. The molecule has 7 rings (SSSR count). The largest absolute Gasteiger partial charge is 0.493 e. The molecule has 1 aliphatic heterocycles. The quantitative estimate of drug-likeness (QED) is 0.141. The van der Waals surface area contributed by atoms with Gasteiger partial charge in [0, 0.05) is 58.4 Å². The van der Waals surface area contributed by atoms with Crippen LogP contribution in [0, 0.1) is 16.7 Å². The number of nitrogens with one attached hydrogen (secondary N) is 2. The first-order valence-electron chi connectivity index (χ1n) is 18.1. The fourth-order valence-electron chi connectivity index (χ4n) is 9.52. The van der Waals surface area contributed by atoms with E-state index in [2.05, 4.69) is 49.4 Å². The van der Waals surface area contributed by atoms with Gasteiger partial charge < -0.3 is 30.9 Å². The summed E-state index contributed by atoms with van der Waals surface area (Å²) in [6, 6.07) is 16.3. The van der Waals surface area contributed by atoms with Crippen molar-refractivity contribution < 1.29 is 29.0 Å². The SMILES string of the molecule is CO.COC(=O)c1nc(C(=O)NC2(C)CC3CC(C)(C)CC(C)(C3)C2)ccc1-c1cc2c(cc1C(=O)Nc1ccc(CN)cc1)-c1sccc1CCO2. The van der Waals surface area contributed by atoms with E-state index in [-0.39, 0.29) is 34.0 Å². The number of pyridine rings is 1. The fourth-order valence-corrected chi connectivity index (χ4v) is 10.5. The first-order chi connectivity index (χ1) is 25.3. The minimum atomic E-state index is -0.715. The van der Waals surface area contributed by atoms with Gasteiger partial charge in [-0.2, -0.15) is 0 Å². The van der Waals surface area contributed by atoms with Crippen molar-refractivity contribution in [2.45, 2.75) is 78.3 Å². The molecule has 10 nitrogen and oxygen atoms in total. The molecule has 5 N–H and O–H groups in total. The number of aliphatic hydroxyl groups is 1. The summed E-state index contributed by atoms with van der Waals surface area (Å²) in [6.45, 7) is 10.0. The summed E-state index contributed by atoms with van der Waals surface area (Å²) in [5.74, 6) is -0.303. The van der Waals surface area contributed by atoms with E-state index in [0.29, 0.717) is 47.2 Å². The predicted octanol–water partition coefficient (Wildman–Crippen LogP) is 7.63. The fraction of sp³-hybridized carbons (Fsp3) is 0.429. The van der Waals surface area contributed by atoms with Crippen LogP contribution in [-0.4, -0.2) is 54.2 Å². The zero-order valence-corrected chi connectivity index (χ0v) is 32.2. The van der Waals surface area contributed by atoms with Gasteiger partial charge in [0.25, 0.3) is 11.8 Å². The molecule has 0 saturated heterocycles. The number of benzene rings is 2. The Kier molecular flexibility index (Phi) is 10.8. The third kappa shape index (κ3) is 8.02. The Bertz CT molecular complexity index is 2020. The number of anilines is 1. The standard InChI is InChI=1S/C41H46N4O5S.CH4O/c1-39(2)18-25-19-40(3,22-39)23-41(4,20-25)45-37(47)32-11-10-28(34(44-32)38(48)49-5)29-17-33-31(35-26(12-14-50-33)13-15-51-35)16-30(29)36(46)43-27-8-6-24(21-42)7-9-27;1-2/h6-11,13,15-17,25H,12,14,18-23,42H2,1-5H3,(H,43,46)(H,45,47);2H,1H3. The average molecular weight is 739 g/mol. The van der Waals surface area contributed by atoms with Crippen LogP contribution in [0.2, 0.25) is 0 Å². The molecule has 2 aromatic heterocycles. The normalized spacial score (nSPS) is 22.4. The van der Waals surface area contributed by atoms with E-state index in [0.717, 1.165) is 60.8 Å². The molecule has 2 bridgehead atoms. The van der Waals surface area contributed by atoms with E-state index in [1.54, 1.807) is 41.7 Å². The van der Waals surface area contributed by atoms with Gasteiger partial charge in [0.1, 0.15) is 11.4 Å². The number of thiophene rings is 1. The number of aliphatic hydroxyl groups excluding tert-OH is 1. The number of carbonyl (C=O) groups is 3. The Hall–Kier alpha value is -4.58. The molecule has 280 valence electrons. The number of rotatable bonds is 7. The van der Waals surface area contributed by atoms with Crippen molar-refractivity contribution in [3.8, 4) is 27.3 Å². The Morgan fingerprint density at radius 1 is 0.943 bits per heavy atom. The van der Waals surface area contributed by atoms with Crippen LogP contribution >= 0.6 is 11.3 Å². The van der Waals surface area contributed by atoms with E-state index in [1.165, 1.54) is 13.5 Å². The minimum Gasteiger partial charge on any atom is -0.493 e. The summed E-state index contributed by atoms with van der Waals surface area (Å²) in [6.07, 6.45) is 5.94. The van der Waals surface area contributed by atoms with Crippen LogP contribution in [0.15, 0.2) is 60.0 Å². The lowest BCUT2D eigenvalue weighted by molar-refractivity contribution is -0.0264. The number of nitrogens with zero attached hydrogens (tertiary/aromatic N) is 1. The van der Waals surface area contributed by atoms with Gasteiger partial charge in [-0.25, -0.2) is 9.78 Å². The Balaban J connectivity index is 0.00000236. The summed E-state index contributed by atoms with van der Waals surface area (Å²) in [7, 11) is 2.28. The topological polar surface area (TPSA) is 153 Å². The molecular weight excluding hydrogens is 689 g/mol. The number of esters is 1. The van der Waals surface area contributed by atoms with Crippen LogP contribution in [0.1, 0.15) is 102 Å². The lowest BCUT2D eigenvalue weighted by Crippen LogP contribution is -2.56. The number of methoxy groups -OCH3 is 1. The van der Waals surface area contributed by atoms with Crippen LogP contribution in [0.3, 0.4) is 0 Å². The Morgan fingerprint density at radius 3 is 2.40 bits per heavy atom. The lowest BCUT2D eigenvalue weighted by Gasteiger charge is -2.56. The first-order valence-corrected chi connectivity index (χ1v) is 19.0. The maximum Gasteiger partial charge on any atom is 0.357 e. The molecule has 11 heteroatoms. The Morgan fingerprint density at radius 2 is 1.70 bits per heavy atom. The molecular formula is C42H50N4O6S. The number of nitrogens with two attached hydrogens (primary N) is 1. The highest BCUT2D eigenvalue weighted by Gasteiger charge is 2.50. The zero-order chi connectivity index (χ0) is 38.1. The van der Waals surface area contributed by atoms with Crippen molar-refractivity contribution in [3.05, 3.63) is 88.1 Å². The maximum absolute atomic E-state index is 14.1. The minimum absolute atomic E-state index is 0.0590. The zero-order valence-electron chi connectivity index (χ0n) is 31.4. The van der Waals surface area contributed by atoms with Crippen LogP contribution in [0.25, 0.3) is 21.6 Å².